The van der Waals surface area contributed by atoms with Crippen molar-refractivity contribution in [1.82, 2.24) is 0 Å². The van der Waals surface area contributed by atoms with Crippen LogP contribution in [0.2, 0.25) is 0 Å². The van der Waals surface area contributed by atoms with E-state index in [2.05, 4.69) is 0 Å². The quantitative estimate of drug-likeness (QED) is 0.219. The minimum atomic E-state index is -5.40. The first-order valence-corrected chi connectivity index (χ1v) is 5.54. The summed E-state index contributed by atoms with van der Waals surface area (Å²) < 4.78 is 32.3. The second-order valence-corrected chi connectivity index (χ2v) is 4.35. The number of rotatable bonds is 4. The summed E-state index contributed by atoms with van der Waals surface area (Å²) in [6, 6.07) is 0.627. The van der Waals surface area contributed by atoms with Gasteiger partial charge in [0.15, 0.2) is 0 Å². The topological polar surface area (TPSA) is 250 Å². The van der Waals surface area contributed by atoms with Gasteiger partial charge >= 0.3 is 46.6 Å². The molecule has 0 aliphatic rings. The summed E-state index contributed by atoms with van der Waals surface area (Å²) in [5, 5.41) is 31.8. The molecule has 0 unspecified atom stereocenters. The van der Waals surface area contributed by atoms with E-state index in [1.807, 2.05) is 0 Å². The third-order valence-electron chi connectivity index (χ3n) is 1.92. The van der Waals surface area contributed by atoms with Gasteiger partial charge in [-0.05, 0) is 6.07 Å². The van der Waals surface area contributed by atoms with Crippen LogP contribution in [0.3, 0.4) is 0 Å². The number of nitrogens with zero attached hydrogens (tertiary/aromatic N) is 3. The van der Waals surface area contributed by atoms with Crippen molar-refractivity contribution in [3.63, 3.8) is 0 Å². The van der Waals surface area contributed by atoms with Crippen molar-refractivity contribution in [2.45, 2.75) is 4.90 Å². The van der Waals surface area contributed by atoms with Crippen molar-refractivity contribution in [3.8, 4) is 0 Å². The molecule has 0 radical (unpaired) electrons. The molecule has 16 heteroatoms. The molecular weight excluding hydrogens is 345 g/mol. The SMILES string of the molecule is O.O.O=[N+]([O-])c1ccc(S(=O)(=O)[O-])c([N+](=O)[O-])c1[N+](=O)[O-].[Na+]. The van der Waals surface area contributed by atoms with E-state index in [-0.39, 0.29) is 46.6 Å². The molecule has 0 heterocycles. The molecule has 22 heavy (non-hydrogen) atoms. The summed E-state index contributed by atoms with van der Waals surface area (Å²) in [6.45, 7) is 0. The molecule has 0 spiro atoms. The van der Waals surface area contributed by atoms with Gasteiger partial charge in [0, 0.05) is 6.07 Å². The van der Waals surface area contributed by atoms with Crippen LogP contribution in [0.4, 0.5) is 17.1 Å². The molecule has 0 aromatic heterocycles. The molecule has 0 amide bonds. The van der Waals surface area contributed by atoms with Gasteiger partial charge in [-0.15, -0.1) is 0 Å². The summed E-state index contributed by atoms with van der Waals surface area (Å²) >= 11 is 0. The van der Waals surface area contributed by atoms with Crippen molar-refractivity contribution in [2.75, 3.05) is 0 Å². The fourth-order valence-electron chi connectivity index (χ4n) is 1.26. The molecule has 14 nitrogen and oxygen atoms in total. The summed E-state index contributed by atoms with van der Waals surface area (Å²) in [7, 11) is -5.40. The van der Waals surface area contributed by atoms with E-state index in [4.69, 9.17) is 0 Å². The Balaban J connectivity index is -0.00000120. The van der Waals surface area contributed by atoms with Gasteiger partial charge in [-0.3, -0.25) is 30.3 Å². The van der Waals surface area contributed by atoms with Gasteiger partial charge in [0.05, 0.1) is 14.8 Å². The smallest absolute Gasteiger partial charge is 0.744 e. The van der Waals surface area contributed by atoms with E-state index in [1.54, 1.807) is 0 Å². The fourth-order valence-corrected chi connectivity index (χ4v) is 1.90. The molecule has 1 rings (SSSR count). The Hall–Kier alpha value is -1.75. The van der Waals surface area contributed by atoms with Crippen molar-refractivity contribution < 1.29 is 68.3 Å². The first kappa shape index (κ1) is 25.2. The van der Waals surface area contributed by atoms with Crippen LogP contribution in [-0.2, 0) is 10.1 Å². The maximum Gasteiger partial charge on any atom is 1.00 e. The van der Waals surface area contributed by atoms with Gasteiger partial charge in [0.2, 0.25) is 0 Å². The average molecular weight is 351 g/mol. The van der Waals surface area contributed by atoms with E-state index < -0.39 is 46.8 Å². The molecule has 0 fully saturated rings. The molecule has 4 N–H and O–H groups in total. The second-order valence-electron chi connectivity index (χ2n) is 3.01. The zero-order valence-electron chi connectivity index (χ0n) is 10.6. The number of hydrogen-bond acceptors (Lipinski definition) is 9. The van der Waals surface area contributed by atoms with Crippen LogP contribution < -0.4 is 29.6 Å². The molecule has 0 atom stereocenters. The average Bonchev–Trinajstić information content (AvgIpc) is 2.25. The van der Waals surface area contributed by atoms with Crippen molar-refractivity contribution >= 4 is 27.2 Å². The predicted molar refractivity (Wildman–Crippen MR) is 61.6 cm³/mol. The van der Waals surface area contributed by atoms with Gasteiger partial charge in [0.1, 0.15) is 15.0 Å². The molecular formula is C6H6N3NaO11S. The summed E-state index contributed by atoms with van der Waals surface area (Å²) in [5.41, 5.74) is -4.68. The number of benzene rings is 1. The van der Waals surface area contributed by atoms with Crippen molar-refractivity contribution in [2.24, 2.45) is 0 Å². The van der Waals surface area contributed by atoms with Crippen LogP contribution in [0.25, 0.3) is 0 Å². The number of nitro benzene ring substituents is 3. The third-order valence-corrected chi connectivity index (χ3v) is 2.79. The summed E-state index contributed by atoms with van der Waals surface area (Å²) in [4.78, 5) is 26.0. The van der Waals surface area contributed by atoms with E-state index >= 15 is 0 Å². The molecule has 0 saturated heterocycles. The third kappa shape index (κ3) is 4.91. The van der Waals surface area contributed by atoms with Crippen molar-refractivity contribution in [3.05, 3.63) is 42.5 Å². The fraction of sp³-hybridized carbons (Fsp3) is 0. The van der Waals surface area contributed by atoms with E-state index in [9.17, 15) is 43.3 Å². The van der Waals surface area contributed by atoms with Gasteiger partial charge in [-0.25, -0.2) is 8.42 Å². The van der Waals surface area contributed by atoms with Gasteiger partial charge in [-0.1, -0.05) is 0 Å². The van der Waals surface area contributed by atoms with Gasteiger partial charge in [-0.2, -0.15) is 0 Å². The summed E-state index contributed by atoms with van der Waals surface area (Å²) in [6.07, 6.45) is 0. The van der Waals surface area contributed by atoms with Gasteiger partial charge in [0.25, 0.3) is 0 Å². The van der Waals surface area contributed by atoms with E-state index in [0.717, 1.165) is 0 Å². The zero-order chi connectivity index (χ0) is 15.0. The van der Waals surface area contributed by atoms with E-state index in [1.165, 1.54) is 0 Å². The van der Waals surface area contributed by atoms with Crippen LogP contribution in [0, 0.1) is 30.3 Å². The monoisotopic (exact) mass is 351 g/mol. The first-order chi connectivity index (χ1) is 8.57. The van der Waals surface area contributed by atoms with Crippen LogP contribution in [0.5, 0.6) is 0 Å². The Morgan fingerprint density at radius 2 is 1.23 bits per heavy atom. The standard InChI is InChI=1S/C6H3N3O9S.Na.2H2O/c10-7(11)3-1-2-4(19(16,17)18)6(9(14)15)5(3)8(12)13;;;/h1-2H,(H,16,17,18);;2*1H2/q;+1;;/p-1. The molecule has 1 aromatic rings. The maximum absolute atomic E-state index is 10.8. The predicted octanol–water partition coefficient (Wildman–Crippen LogP) is -4.33. The van der Waals surface area contributed by atoms with Crippen LogP contribution in [-0.4, -0.2) is 38.7 Å². The molecule has 0 saturated carbocycles. The molecule has 0 bridgehead atoms. The van der Waals surface area contributed by atoms with Crippen LogP contribution in [0.15, 0.2) is 17.0 Å². The Kier molecular flexibility index (Phi) is 9.90. The minimum Gasteiger partial charge on any atom is -0.744 e. The molecule has 0 aliphatic carbocycles. The molecule has 118 valence electrons. The number of nitro groups is 3. The Morgan fingerprint density at radius 1 is 0.818 bits per heavy atom. The zero-order valence-corrected chi connectivity index (χ0v) is 13.4. The second kappa shape index (κ2) is 8.63. The Labute approximate surface area is 142 Å². The molecule has 0 aliphatic heterocycles. The maximum atomic E-state index is 10.8. The van der Waals surface area contributed by atoms with Crippen molar-refractivity contribution in [1.29, 1.82) is 0 Å². The molecule has 1 aromatic carbocycles. The largest absolute Gasteiger partial charge is 1.00 e. The van der Waals surface area contributed by atoms with Crippen LogP contribution in [0.1, 0.15) is 0 Å². The van der Waals surface area contributed by atoms with Crippen LogP contribution >= 0.6 is 0 Å². The Bertz CT molecular complexity index is 702. The van der Waals surface area contributed by atoms with E-state index in [0.29, 0.717) is 6.07 Å². The minimum absolute atomic E-state index is 0. The van der Waals surface area contributed by atoms with Gasteiger partial charge < -0.3 is 15.5 Å². The number of hydrogen-bond donors (Lipinski definition) is 0. The summed E-state index contributed by atoms with van der Waals surface area (Å²) in [5.74, 6) is 0. The first-order valence-electron chi connectivity index (χ1n) is 4.13. The normalized spacial score (nSPS) is 9.50. The Morgan fingerprint density at radius 3 is 1.50 bits per heavy atom.